The van der Waals surface area contributed by atoms with E-state index in [2.05, 4.69) is 21.6 Å². The summed E-state index contributed by atoms with van der Waals surface area (Å²) in [6, 6.07) is 12.8. The van der Waals surface area contributed by atoms with E-state index >= 15 is 0 Å². The van der Waals surface area contributed by atoms with Gasteiger partial charge in [0.2, 0.25) is 0 Å². The van der Waals surface area contributed by atoms with Gasteiger partial charge in [-0.15, -0.1) is 11.3 Å². The third kappa shape index (κ3) is 4.32. The number of carbonyl (C=O) groups excluding carboxylic acids is 1. The number of nitrogens with one attached hydrogen (secondary N) is 2. The summed E-state index contributed by atoms with van der Waals surface area (Å²) in [7, 11) is 3.98. The first-order valence-electron chi connectivity index (χ1n) is 6.85. The molecule has 0 bridgehead atoms. The maximum Gasteiger partial charge on any atom is 0.319 e. The Hall–Kier alpha value is -2.36. The lowest BCUT2D eigenvalue weighted by atomic mass is 10.2. The molecule has 22 heavy (non-hydrogen) atoms. The Balaban J connectivity index is 1.89. The summed E-state index contributed by atoms with van der Waals surface area (Å²) in [5.74, 6) is 0. The third-order valence-electron chi connectivity index (χ3n) is 3.22. The SMILES string of the molecule is CN(C)C(CNC(=O)Nc1ccc(C#N)cc1)c1cccs1. The largest absolute Gasteiger partial charge is 0.336 e. The molecule has 1 aromatic carbocycles. The van der Waals surface area contributed by atoms with Crippen molar-refractivity contribution < 1.29 is 4.79 Å². The molecule has 2 amide bonds. The molecular weight excluding hydrogens is 296 g/mol. The maximum atomic E-state index is 12.0. The summed E-state index contributed by atoms with van der Waals surface area (Å²) >= 11 is 1.68. The van der Waals surface area contributed by atoms with Gasteiger partial charge in [-0.2, -0.15) is 5.26 Å². The van der Waals surface area contributed by atoms with E-state index in [9.17, 15) is 4.79 Å². The van der Waals surface area contributed by atoms with Gasteiger partial charge in [0.25, 0.3) is 0 Å². The Kier molecular flexibility index (Phi) is 5.53. The molecule has 0 spiro atoms. The van der Waals surface area contributed by atoms with E-state index in [-0.39, 0.29) is 12.1 Å². The molecule has 5 nitrogen and oxygen atoms in total. The zero-order valence-corrected chi connectivity index (χ0v) is 13.4. The Morgan fingerprint density at radius 1 is 1.32 bits per heavy atom. The molecule has 0 aliphatic carbocycles. The Labute approximate surface area is 134 Å². The lowest BCUT2D eigenvalue weighted by Gasteiger charge is -2.23. The van der Waals surface area contributed by atoms with Crippen molar-refractivity contribution in [1.82, 2.24) is 10.2 Å². The zero-order valence-electron chi connectivity index (χ0n) is 12.5. The van der Waals surface area contributed by atoms with Crippen molar-refractivity contribution in [2.24, 2.45) is 0 Å². The number of rotatable bonds is 5. The van der Waals surface area contributed by atoms with Crippen LogP contribution in [-0.2, 0) is 0 Å². The predicted molar refractivity (Wildman–Crippen MR) is 88.9 cm³/mol. The van der Waals surface area contributed by atoms with E-state index < -0.39 is 0 Å². The van der Waals surface area contributed by atoms with Crippen molar-refractivity contribution in [1.29, 1.82) is 5.26 Å². The van der Waals surface area contributed by atoms with Crippen LogP contribution in [0.25, 0.3) is 0 Å². The standard InChI is InChI=1S/C16H18N4OS/c1-20(2)14(15-4-3-9-22-15)11-18-16(21)19-13-7-5-12(10-17)6-8-13/h3-9,14H,11H2,1-2H3,(H2,18,19,21). The molecule has 1 heterocycles. The first kappa shape index (κ1) is 16.0. The number of benzene rings is 1. The van der Waals surface area contributed by atoms with Gasteiger partial charge in [-0.05, 0) is 49.8 Å². The summed E-state index contributed by atoms with van der Waals surface area (Å²) in [6.07, 6.45) is 0. The average Bonchev–Trinajstić information content (AvgIpc) is 3.02. The fraction of sp³-hybridized carbons (Fsp3) is 0.250. The van der Waals surface area contributed by atoms with Gasteiger partial charge in [0, 0.05) is 17.1 Å². The van der Waals surface area contributed by atoms with Gasteiger partial charge >= 0.3 is 6.03 Å². The number of nitriles is 1. The van der Waals surface area contributed by atoms with Crippen LogP contribution >= 0.6 is 11.3 Å². The smallest absolute Gasteiger partial charge is 0.319 e. The van der Waals surface area contributed by atoms with Crippen molar-refractivity contribution in [2.75, 3.05) is 26.0 Å². The number of nitrogens with zero attached hydrogens (tertiary/aromatic N) is 2. The van der Waals surface area contributed by atoms with Gasteiger partial charge < -0.3 is 15.5 Å². The normalized spacial score (nSPS) is 11.7. The van der Waals surface area contributed by atoms with Crippen LogP contribution < -0.4 is 10.6 Å². The van der Waals surface area contributed by atoms with Gasteiger partial charge in [0.15, 0.2) is 0 Å². The highest BCUT2D eigenvalue weighted by molar-refractivity contribution is 7.10. The zero-order chi connectivity index (χ0) is 15.9. The lowest BCUT2D eigenvalue weighted by Crippen LogP contribution is -2.36. The molecule has 6 heteroatoms. The van der Waals surface area contributed by atoms with Crippen molar-refractivity contribution in [3.8, 4) is 6.07 Å². The second kappa shape index (κ2) is 7.59. The molecule has 0 fully saturated rings. The minimum atomic E-state index is -0.256. The molecular formula is C16H18N4OS. The fourth-order valence-corrected chi connectivity index (χ4v) is 2.93. The second-order valence-electron chi connectivity index (χ2n) is 5.02. The number of likely N-dealkylation sites (N-methyl/N-ethyl adjacent to an activating group) is 1. The molecule has 1 atom stereocenters. The van der Waals surface area contributed by atoms with E-state index in [1.165, 1.54) is 4.88 Å². The summed E-state index contributed by atoms with van der Waals surface area (Å²) in [5.41, 5.74) is 1.23. The van der Waals surface area contributed by atoms with Crippen molar-refractivity contribution in [3.63, 3.8) is 0 Å². The second-order valence-corrected chi connectivity index (χ2v) is 6.00. The predicted octanol–water partition coefficient (Wildman–Crippen LogP) is 3.04. The average molecular weight is 314 g/mol. The minimum Gasteiger partial charge on any atom is -0.336 e. The maximum absolute atomic E-state index is 12.0. The number of carbonyl (C=O) groups is 1. The molecule has 114 valence electrons. The van der Waals surface area contributed by atoms with Gasteiger partial charge in [0.05, 0.1) is 17.7 Å². The van der Waals surface area contributed by atoms with Crippen LogP contribution in [0.5, 0.6) is 0 Å². The van der Waals surface area contributed by atoms with E-state index in [1.807, 2.05) is 31.6 Å². The molecule has 0 saturated heterocycles. The molecule has 0 aliphatic rings. The van der Waals surface area contributed by atoms with Gasteiger partial charge in [-0.25, -0.2) is 4.79 Å². The summed E-state index contributed by atoms with van der Waals surface area (Å²) in [4.78, 5) is 15.3. The van der Waals surface area contributed by atoms with Gasteiger partial charge in [0.1, 0.15) is 0 Å². The molecule has 0 saturated carbocycles. The number of hydrogen-bond acceptors (Lipinski definition) is 4. The van der Waals surface area contributed by atoms with Crippen LogP contribution in [0.4, 0.5) is 10.5 Å². The van der Waals surface area contributed by atoms with Crippen LogP contribution in [0, 0.1) is 11.3 Å². The Bertz CT molecular complexity index is 644. The molecule has 2 N–H and O–H groups in total. The molecule has 0 radical (unpaired) electrons. The van der Waals surface area contributed by atoms with Gasteiger partial charge in [-0.3, -0.25) is 0 Å². The summed E-state index contributed by atoms with van der Waals surface area (Å²) in [5, 5.41) is 16.4. The minimum absolute atomic E-state index is 0.145. The lowest BCUT2D eigenvalue weighted by molar-refractivity contribution is 0.244. The fourth-order valence-electron chi connectivity index (χ4n) is 2.01. The molecule has 0 aliphatic heterocycles. The van der Waals surface area contributed by atoms with E-state index in [0.717, 1.165) is 0 Å². The van der Waals surface area contributed by atoms with Crippen molar-refractivity contribution in [2.45, 2.75) is 6.04 Å². The number of anilines is 1. The van der Waals surface area contributed by atoms with Crippen molar-refractivity contribution in [3.05, 3.63) is 52.2 Å². The van der Waals surface area contributed by atoms with Crippen LogP contribution in [0.15, 0.2) is 41.8 Å². The van der Waals surface area contributed by atoms with Crippen LogP contribution in [0.1, 0.15) is 16.5 Å². The third-order valence-corrected chi connectivity index (χ3v) is 4.20. The molecule has 2 rings (SSSR count). The van der Waals surface area contributed by atoms with Crippen LogP contribution in [-0.4, -0.2) is 31.6 Å². The van der Waals surface area contributed by atoms with E-state index in [0.29, 0.717) is 17.8 Å². The highest BCUT2D eigenvalue weighted by atomic mass is 32.1. The number of urea groups is 1. The highest BCUT2D eigenvalue weighted by Gasteiger charge is 2.16. The topological polar surface area (TPSA) is 68.2 Å². The summed E-state index contributed by atoms with van der Waals surface area (Å²) in [6.45, 7) is 0.523. The number of thiophene rings is 1. The first-order chi connectivity index (χ1) is 10.6. The first-order valence-corrected chi connectivity index (χ1v) is 7.73. The van der Waals surface area contributed by atoms with Crippen LogP contribution in [0.3, 0.4) is 0 Å². The molecule has 1 unspecified atom stereocenters. The van der Waals surface area contributed by atoms with E-state index in [1.54, 1.807) is 35.6 Å². The van der Waals surface area contributed by atoms with Crippen molar-refractivity contribution >= 4 is 23.1 Å². The highest BCUT2D eigenvalue weighted by Crippen LogP contribution is 2.22. The number of amides is 2. The van der Waals surface area contributed by atoms with Crippen LogP contribution in [0.2, 0.25) is 0 Å². The molecule has 1 aromatic heterocycles. The Morgan fingerprint density at radius 2 is 2.05 bits per heavy atom. The summed E-state index contributed by atoms with van der Waals surface area (Å²) < 4.78 is 0. The Morgan fingerprint density at radius 3 is 2.59 bits per heavy atom. The molecule has 2 aromatic rings. The quantitative estimate of drug-likeness (QED) is 0.891. The number of hydrogen-bond donors (Lipinski definition) is 2. The van der Waals surface area contributed by atoms with Gasteiger partial charge in [-0.1, -0.05) is 6.07 Å². The van der Waals surface area contributed by atoms with E-state index in [4.69, 9.17) is 5.26 Å². The monoisotopic (exact) mass is 314 g/mol.